The molecule has 1 saturated heterocycles. The Hall–Kier alpha value is -0.850. The van der Waals surface area contributed by atoms with Gasteiger partial charge in [-0.25, -0.2) is 0 Å². The lowest BCUT2D eigenvalue weighted by atomic mass is 10.1. The van der Waals surface area contributed by atoms with E-state index in [2.05, 4.69) is 34.5 Å². The fraction of sp³-hybridized carbons (Fsp3) is 0.562. The quantitative estimate of drug-likeness (QED) is 0.802. The SMILES string of the molecule is CC(CN)C(=O)NCC1CN(Cc2ccccc2)CCO1.Cl.Cl. The summed E-state index contributed by atoms with van der Waals surface area (Å²) < 4.78 is 5.72. The van der Waals surface area contributed by atoms with Crippen LogP contribution in [0.4, 0.5) is 0 Å². The van der Waals surface area contributed by atoms with Gasteiger partial charge in [0, 0.05) is 38.6 Å². The van der Waals surface area contributed by atoms with E-state index < -0.39 is 0 Å². The number of rotatable bonds is 6. The van der Waals surface area contributed by atoms with E-state index in [0.717, 1.165) is 19.6 Å². The van der Waals surface area contributed by atoms with Gasteiger partial charge in [0.2, 0.25) is 5.91 Å². The summed E-state index contributed by atoms with van der Waals surface area (Å²) in [5.74, 6) is -0.143. The molecular formula is C16H27Cl2N3O2. The number of benzene rings is 1. The Morgan fingerprint density at radius 1 is 1.39 bits per heavy atom. The van der Waals surface area contributed by atoms with Gasteiger partial charge in [0.25, 0.3) is 0 Å². The molecule has 0 aromatic heterocycles. The summed E-state index contributed by atoms with van der Waals surface area (Å²) in [6.45, 7) is 6.16. The number of halogens is 2. The van der Waals surface area contributed by atoms with Gasteiger partial charge in [-0.2, -0.15) is 0 Å². The third-order valence-corrected chi connectivity index (χ3v) is 3.78. The number of morpholine rings is 1. The van der Waals surface area contributed by atoms with Gasteiger partial charge in [0.15, 0.2) is 0 Å². The molecule has 0 saturated carbocycles. The minimum atomic E-state index is -0.144. The Kier molecular flexibility index (Phi) is 11.2. The predicted octanol–water partition coefficient (Wildman–Crippen LogP) is 1.44. The topological polar surface area (TPSA) is 67.6 Å². The highest BCUT2D eigenvalue weighted by Gasteiger charge is 2.21. The maximum absolute atomic E-state index is 11.7. The van der Waals surface area contributed by atoms with Crippen molar-refractivity contribution in [3.8, 4) is 0 Å². The number of nitrogens with two attached hydrogens (primary N) is 1. The van der Waals surface area contributed by atoms with Crippen LogP contribution in [-0.2, 0) is 16.1 Å². The van der Waals surface area contributed by atoms with Crippen LogP contribution in [0.25, 0.3) is 0 Å². The molecule has 7 heteroatoms. The first-order chi connectivity index (χ1) is 10.2. The summed E-state index contributed by atoms with van der Waals surface area (Å²) in [4.78, 5) is 14.1. The van der Waals surface area contributed by atoms with Crippen molar-refractivity contribution < 1.29 is 9.53 Å². The van der Waals surface area contributed by atoms with Crippen LogP contribution >= 0.6 is 24.8 Å². The van der Waals surface area contributed by atoms with E-state index in [9.17, 15) is 4.79 Å². The third-order valence-electron chi connectivity index (χ3n) is 3.78. The first-order valence-electron chi connectivity index (χ1n) is 7.54. The smallest absolute Gasteiger partial charge is 0.224 e. The van der Waals surface area contributed by atoms with Crippen LogP contribution in [0, 0.1) is 5.92 Å². The highest BCUT2D eigenvalue weighted by molar-refractivity contribution is 5.85. The Balaban J connectivity index is 0.00000242. The lowest BCUT2D eigenvalue weighted by Gasteiger charge is -2.33. The molecule has 1 heterocycles. The van der Waals surface area contributed by atoms with Crippen LogP contribution in [0.15, 0.2) is 30.3 Å². The molecular weight excluding hydrogens is 337 g/mol. The van der Waals surface area contributed by atoms with Crippen LogP contribution in [-0.4, -0.2) is 49.7 Å². The van der Waals surface area contributed by atoms with E-state index >= 15 is 0 Å². The number of hydrogen-bond donors (Lipinski definition) is 2. The average Bonchev–Trinajstić information content (AvgIpc) is 2.53. The molecule has 1 amide bonds. The molecule has 1 fully saturated rings. The van der Waals surface area contributed by atoms with E-state index in [0.29, 0.717) is 19.7 Å². The molecule has 1 aliphatic rings. The summed E-state index contributed by atoms with van der Waals surface area (Å²) in [7, 11) is 0. The van der Waals surface area contributed by atoms with Crippen LogP contribution < -0.4 is 11.1 Å². The molecule has 132 valence electrons. The second-order valence-electron chi connectivity index (χ2n) is 5.60. The van der Waals surface area contributed by atoms with Crippen LogP contribution in [0.3, 0.4) is 0 Å². The van der Waals surface area contributed by atoms with E-state index in [1.54, 1.807) is 0 Å². The van der Waals surface area contributed by atoms with Crippen molar-refractivity contribution in [2.75, 3.05) is 32.8 Å². The summed E-state index contributed by atoms with van der Waals surface area (Å²) in [6.07, 6.45) is 0.0522. The lowest BCUT2D eigenvalue weighted by Crippen LogP contribution is -2.48. The predicted molar refractivity (Wildman–Crippen MR) is 97.2 cm³/mol. The number of nitrogens with zero attached hydrogens (tertiary/aromatic N) is 1. The van der Waals surface area contributed by atoms with Crippen molar-refractivity contribution in [1.82, 2.24) is 10.2 Å². The fourth-order valence-corrected chi connectivity index (χ4v) is 2.38. The van der Waals surface area contributed by atoms with E-state index in [4.69, 9.17) is 10.5 Å². The Bertz CT molecular complexity index is 448. The number of carbonyl (C=O) groups is 1. The van der Waals surface area contributed by atoms with Gasteiger partial charge in [0.05, 0.1) is 12.7 Å². The second kappa shape index (κ2) is 11.6. The minimum Gasteiger partial charge on any atom is -0.374 e. The molecule has 1 aromatic carbocycles. The first-order valence-corrected chi connectivity index (χ1v) is 7.54. The van der Waals surface area contributed by atoms with Crippen LogP contribution in [0.1, 0.15) is 12.5 Å². The lowest BCUT2D eigenvalue weighted by molar-refractivity contribution is -0.125. The van der Waals surface area contributed by atoms with Crippen molar-refractivity contribution >= 4 is 30.7 Å². The third kappa shape index (κ3) is 7.50. The molecule has 0 spiro atoms. The normalized spacial score (nSPS) is 19.1. The second-order valence-corrected chi connectivity index (χ2v) is 5.60. The zero-order chi connectivity index (χ0) is 15.1. The van der Waals surface area contributed by atoms with Gasteiger partial charge in [-0.15, -0.1) is 24.8 Å². The molecule has 2 unspecified atom stereocenters. The zero-order valence-corrected chi connectivity index (χ0v) is 15.1. The van der Waals surface area contributed by atoms with E-state index in [-0.39, 0.29) is 42.7 Å². The van der Waals surface area contributed by atoms with Gasteiger partial charge in [0.1, 0.15) is 0 Å². The largest absolute Gasteiger partial charge is 0.374 e. The molecule has 3 N–H and O–H groups in total. The molecule has 5 nitrogen and oxygen atoms in total. The number of hydrogen-bond acceptors (Lipinski definition) is 4. The molecule has 1 aliphatic heterocycles. The summed E-state index contributed by atoms with van der Waals surface area (Å²) in [5, 5.41) is 2.92. The molecule has 0 bridgehead atoms. The summed E-state index contributed by atoms with van der Waals surface area (Å²) in [6, 6.07) is 10.4. The molecule has 2 rings (SSSR count). The van der Waals surface area contributed by atoms with Gasteiger partial charge in [-0.05, 0) is 5.56 Å². The van der Waals surface area contributed by atoms with Crippen molar-refractivity contribution in [3.63, 3.8) is 0 Å². The maximum atomic E-state index is 11.7. The van der Waals surface area contributed by atoms with Gasteiger partial charge in [-0.3, -0.25) is 9.69 Å². The Morgan fingerprint density at radius 2 is 2.09 bits per heavy atom. The maximum Gasteiger partial charge on any atom is 0.224 e. The Labute approximate surface area is 150 Å². The van der Waals surface area contributed by atoms with Gasteiger partial charge >= 0.3 is 0 Å². The molecule has 23 heavy (non-hydrogen) atoms. The molecule has 0 radical (unpaired) electrons. The summed E-state index contributed by atoms with van der Waals surface area (Å²) >= 11 is 0. The number of ether oxygens (including phenoxy) is 1. The van der Waals surface area contributed by atoms with Crippen LogP contribution in [0.2, 0.25) is 0 Å². The van der Waals surface area contributed by atoms with Crippen molar-refractivity contribution in [3.05, 3.63) is 35.9 Å². The highest BCUT2D eigenvalue weighted by atomic mass is 35.5. The van der Waals surface area contributed by atoms with Crippen molar-refractivity contribution in [2.24, 2.45) is 11.7 Å². The fourth-order valence-electron chi connectivity index (χ4n) is 2.38. The average molecular weight is 364 g/mol. The molecule has 0 aliphatic carbocycles. The number of carbonyl (C=O) groups excluding carboxylic acids is 1. The number of nitrogens with one attached hydrogen (secondary N) is 1. The van der Waals surface area contributed by atoms with Crippen molar-refractivity contribution in [2.45, 2.75) is 19.6 Å². The van der Waals surface area contributed by atoms with Crippen molar-refractivity contribution in [1.29, 1.82) is 0 Å². The van der Waals surface area contributed by atoms with E-state index in [1.807, 2.05) is 13.0 Å². The van der Waals surface area contributed by atoms with Gasteiger partial charge in [-0.1, -0.05) is 37.3 Å². The zero-order valence-electron chi connectivity index (χ0n) is 13.4. The molecule has 2 atom stereocenters. The van der Waals surface area contributed by atoms with Gasteiger partial charge < -0.3 is 15.8 Å². The van der Waals surface area contributed by atoms with E-state index in [1.165, 1.54) is 5.56 Å². The number of amides is 1. The minimum absolute atomic E-state index is 0. The summed E-state index contributed by atoms with van der Waals surface area (Å²) in [5.41, 5.74) is 6.79. The monoisotopic (exact) mass is 363 g/mol. The first kappa shape index (κ1) is 22.1. The molecule has 1 aromatic rings. The highest BCUT2D eigenvalue weighted by Crippen LogP contribution is 2.10. The van der Waals surface area contributed by atoms with Crippen LogP contribution in [0.5, 0.6) is 0 Å². The standard InChI is InChI=1S/C16H25N3O2.2ClH/c1-13(9-17)16(20)18-10-15-12-19(7-8-21-15)11-14-5-3-2-4-6-14;;/h2-6,13,15H,7-12,17H2,1H3,(H,18,20);2*1H. The Morgan fingerprint density at radius 3 is 2.74 bits per heavy atom.